The summed E-state index contributed by atoms with van der Waals surface area (Å²) < 4.78 is 13.1. The zero-order valence-corrected chi connectivity index (χ0v) is 15.8. The Balaban J connectivity index is 1.73. The second-order valence-electron chi connectivity index (χ2n) is 6.18. The van der Waals surface area contributed by atoms with E-state index in [1.807, 2.05) is 0 Å². The molecule has 2 aromatic carbocycles. The lowest BCUT2D eigenvalue weighted by molar-refractivity contribution is -0.121. The van der Waals surface area contributed by atoms with Crippen LogP contribution in [0.4, 0.5) is 20.6 Å². The highest BCUT2D eigenvalue weighted by atomic mass is 32.2. The number of carboxylic acids is 2. The topological polar surface area (TPSA) is 141 Å². The standard InChI is InChI=1S/C19H13FN2O7S/c20-11-1-3-13(4-2-11)22-16(24)14(30-19(22)29)8-15(23)21-12-6-9(17(25)26)5-10(7-12)18(27)28/h1-7,14H,8H2,(H,21,23)(H,25,26)(H,27,28). The van der Waals surface area contributed by atoms with E-state index in [0.29, 0.717) is 11.8 Å². The number of benzene rings is 2. The number of thioether (sulfide) groups is 1. The molecule has 11 heteroatoms. The third-order valence-electron chi connectivity index (χ3n) is 4.09. The van der Waals surface area contributed by atoms with Gasteiger partial charge in [-0.2, -0.15) is 0 Å². The number of halogens is 1. The Morgan fingerprint density at radius 3 is 2.10 bits per heavy atom. The van der Waals surface area contributed by atoms with Crippen molar-refractivity contribution in [2.75, 3.05) is 10.2 Å². The maximum absolute atomic E-state index is 13.1. The quantitative estimate of drug-likeness (QED) is 0.633. The van der Waals surface area contributed by atoms with Crippen molar-refractivity contribution in [3.8, 4) is 0 Å². The predicted octanol–water partition coefficient (Wildman–Crippen LogP) is 2.82. The lowest BCUT2D eigenvalue weighted by Crippen LogP contribution is -2.33. The van der Waals surface area contributed by atoms with Crippen LogP contribution in [-0.2, 0) is 9.59 Å². The van der Waals surface area contributed by atoms with E-state index < -0.39 is 46.5 Å². The molecule has 9 nitrogen and oxygen atoms in total. The van der Waals surface area contributed by atoms with Crippen LogP contribution in [0.2, 0.25) is 0 Å². The average Bonchev–Trinajstić information content (AvgIpc) is 2.95. The molecule has 2 aromatic rings. The smallest absolute Gasteiger partial charge is 0.335 e. The van der Waals surface area contributed by atoms with Gasteiger partial charge in [0, 0.05) is 12.1 Å². The van der Waals surface area contributed by atoms with Gasteiger partial charge in [0.05, 0.1) is 16.8 Å². The van der Waals surface area contributed by atoms with Crippen molar-refractivity contribution in [1.29, 1.82) is 0 Å². The molecule has 1 unspecified atom stereocenters. The Hall–Kier alpha value is -3.73. The highest BCUT2D eigenvalue weighted by molar-refractivity contribution is 8.15. The van der Waals surface area contributed by atoms with E-state index in [1.165, 1.54) is 12.1 Å². The molecule has 3 rings (SSSR count). The summed E-state index contributed by atoms with van der Waals surface area (Å²) >= 11 is 0.630. The van der Waals surface area contributed by atoms with Crippen molar-refractivity contribution in [1.82, 2.24) is 0 Å². The summed E-state index contributed by atoms with van der Waals surface area (Å²) in [4.78, 5) is 60.2. The van der Waals surface area contributed by atoms with Crippen molar-refractivity contribution >= 4 is 52.1 Å². The number of rotatable bonds is 6. The van der Waals surface area contributed by atoms with E-state index in [-0.39, 0.29) is 22.5 Å². The van der Waals surface area contributed by atoms with Crippen molar-refractivity contribution < 1.29 is 38.6 Å². The van der Waals surface area contributed by atoms with Crippen molar-refractivity contribution in [2.24, 2.45) is 0 Å². The zero-order valence-electron chi connectivity index (χ0n) is 15.0. The molecule has 30 heavy (non-hydrogen) atoms. The van der Waals surface area contributed by atoms with Gasteiger partial charge in [-0.1, -0.05) is 0 Å². The molecule has 0 aromatic heterocycles. The summed E-state index contributed by atoms with van der Waals surface area (Å²) in [5, 5.41) is 18.8. The second-order valence-corrected chi connectivity index (χ2v) is 7.34. The Morgan fingerprint density at radius 1 is 1.00 bits per heavy atom. The predicted molar refractivity (Wildman–Crippen MR) is 104 cm³/mol. The first-order chi connectivity index (χ1) is 14.2. The molecule has 154 valence electrons. The summed E-state index contributed by atoms with van der Waals surface area (Å²) in [6.07, 6.45) is -0.410. The number of hydrogen-bond acceptors (Lipinski definition) is 6. The van der Waals surface area contributed by atoms with Crippen LogP contribution in [0.3, 0.4) is 0 Å². The molecule has 1 saturated heterocycles. The van der Waals surface area contributed by atoms with Crippen LogP contribution in [0.1, 0.15) is 27.1 Å². The summed E-state index contributed by atoms with van der Waals surface area (Å²) in [6.45, 7) is 0. The fourth-order valence-electron chi connectivity index (χ4n) is 2.74. The molecule has 3 N–H and O–H groups in total. The van der Waals surface area contributed by atoms with Gasteiger partial charge in [-0.05, 0) is 54.2 Å². The van der Waals surface area contributed by atoms with Crippen molar-refractivity contribution in [3.05, 3.63) is 59.4 Å². The number of nitrogens with one attached hydrogen (secondary N) is 1. The Kier molecular flexibility index (Phi) is 5.83. The molecule has 0 bridgehead atoms. The third-order valence-corrected chi connectivity index (χ3v) is 5.12. The van der Waals surface area contributed by atoms with E-state index in [0.717, 1.165) is 35.2 Å². The zero-order chi connectivity index (χ0) is 22.0. The second kappa shape index (κ2) is 8.33. The van der Waals surface area contributed by atoms with Crippen LogP contribution in [0, 0.1) is 5.82 Å². The summed E-state index contributed by atoms with van der Waals surface area (Å²) in [7, 11) is 0. The van der Waals surface area contributed by atoms with Crippen LogP contribution in [0.15, 0.2) is 42.5 Å². The van der Waals surface area contributed by atoms with Gasteiger partial charge in [0.25, 0.3) is 5.24 Å². The van der Waals surface area contributed by atoms with E-state index in [4.69, 9.17) is 10.2 Å². The minimum absolute atomic E-state index is 0.0746. The number of carboxylic acid groups (broad SMARTS) is 2. The molecule has 0 aliphatic carbocycles. The number of carbonyl (C=O) groups is 5. The van der Waals surface area contributed by atoms with Gasteiger partial charge in [0.1, 0.15) is 11.1 Å². The van der Waals surface area contributed by atoms with Crippen LogP contribution in [0.25, 0.3) is 0 Å². The summed E-state index contributed by atoms with van der Waals surface area (Å²) in [6, 6.07) is 7.80. The first-order valence-corrected chi connectivity index (χ1v) is 9.25. The highest BCUT2D eigenvalue weighted by Gasteiger charge is 2.41. The normalized spacial score (nSPS) is 15.9. The molecule has 0 saturated carbocycles. The molecule has 1 aliphatic rings. The number of amides is 3. The van der Waals surface area contributed by atoms with Gasteiger partial charge in [0.15, 0.2) is 0 Å². The largest absolute Gasteiger partial charge is 0.478 e. The van der Waals surface area contributed by atoms with Crippen LogP contribution in [-0.4, -0.2) is 44.5 Å². The molecule has 1 heterocycles. The van der Waals surface area contributed by atoms with Crippen LogP contribution >= 0.6 is 11.8 Å². The minimum atomic E-state index is -1.38. The molecular formula is C19H13FN2O7S. The molecule has 0 radical (unpaired) electrons. The van der Waals surface area contributed by atoms with Gasteiger partial charge in [-0.25, -0.2) is 18.9 Å². The number of imide groups is 1. The monoisotopic (exact) mass is 432 g/mol. The minimum Gasteiger partial charge on any atom is -0.478 e. The molecular weight excluding hydrogens is 419 g/mol. The van der Waals surface area contributed by atoms with Gasteiger partial charge in [-0.15, -0.1) is 0 Å². The average molecular weight is 432 g/mol. The first-order valence-electron chi connectivity index (χ1n) is 8.37. The summed E-state index contributed by atoms with van der Waals surface area (Å²) in [5.74, 6) is -4.66. The van der Waals surface area contributed by atoms with Crippen LogP contribution in [0.5, 0.6) is 0 Å². The Bertz CT molecular complexity index is 1040. The van der Waals surface area contributed by atoms with E-state index in [1.54, 1.807) is 0 Å². The molecule has 1 atom stereocenters. The summed E-state index contributed by atoms with van der Waals surface area (Å²) in [5.41, 5.74) is -0.583. The lowest BCUT2D eigenvalue weighted by atomic mass is 10.1. The van der Waals surface area contributed by atoms with Gasteiger partial charge in [0.2, 0.25) is 11.8 Å². The molecule has 1 aliphatic heterocycles. The SMILES string of the molecule is O=C(CC1SC(=O)N(c2ccc(F)cc2)C1=O)Nc1cc(C(=O)O)cc(C(=O)O)c1. The van der Waals surface area contributed by atoms with Gasteiger partial charge >= 0.3 is 11.9 Å². The first kappa shape index (κ1) is 21.0. The van der Waals surface area contributed by atoms with Crippen LogP contribution < -0.4 is 10.2 Å². The maximum Gasteiger partial charge on any atom is 0.335 e. The fourth-order valence-corrected chi connectivity index (χ4v) is 3.72. The van der Waals surface area contributed by atoms with Crippen molar-refractivity contribution in [3.63, 3.8) is 0 Å². The number of hydrogen-bond donors (Lipinski definition) is 3. The number of aromatic carboxylic acids is 2. The number of carbonyl (C=O) groups excluding carboxylic acids is 3. The van der Waals surface area contributed by atoms with E-state index in [9.17, 15) is 28.4 Å². The fraction of sp³-hybridized carbons (Fsp3) is 0.105. The Morgan fingerprint density at radius 2 is 1.57 bits per heavy atom. The van der Waals surface area contributed by atoms with Crippen molar-refractivity contribution in [2.45, 2.75) is 11.7 Å². The highest BCUT2D eigenvalue weighted by Crippen LogP contribution is 2.33. The van der Waals surface area contributed by atoms with E-state index >= 15 is 0 Å². The van der Waals surface area contributed by atoms with Gasteiger partial charge in [-0.3, -0.25) is 14.4 Å². The number of nitrogens with zero attached hydrogens (tertiary/aromatic N) is 1. The number of anilines is 2. The third kappa shape index (κ3) is 4.46. The molecule has 3 amide bonds. The van der Waals surface area contributed by atoms with E-state index in [2.05, 4.69) is 5.32 Å². The van der Waals surface area contributed by atoms with Gasteiger partial charge < -0.3 is 15.5 Å². The lowest BCUT2D eigenvalue weighted by Gasteiger charge is -2.14. The maximum atomic E-state index is 13.1. The Labute approximate surface area is 172 Å². The molecule has 1 fully saturated rings. The molecule has 0 spiro atoms.